The van der Waals surface area contributed by atoms with Crippen LogP contribution in [0.2, 0.25) is 0 Å². The fourth-order valence-corrected chi connectivity index (χ4v) is 3.59. The van der Waals surface area contributed by atoms with E-state index in [4.69, 9.17) is 0 Å². The quantitative estimate of drug-likeness (QED) is 0.927. The molecule has 0 aromatic heterocycles. The Balaban J connectivity index is 1.94. The predicted molar refractivity (Wildman–Crippen MR) is 84.8 cm³/mol. The average Bonchev–Trinajstić information content (AvgIpc) is 2.47. The smallest absolute Gasteiger partial charge is 0.317 e. The zero-order valence-corrected chi connectivity index (χ0v) is 13.2. The Morgan fingerprint density at radius 1 is 1.40 bits per heavy atom. The number of carbonyl (C=O) groups excluding carboxylic acids is 1. The van der Waals surface area contributed by atoms with E-state index in [9.17, 15) is 9.18 Å². The van der Waals surface area contributed by atoms with Crippen LogP contribution in [-0.4, -0.2) is 41.8 Å². The summed E-state index contributed by atoms with van der Waals surface area (Å²) in [4.78, 5) is 13.9. The monoisotopic (exact) mass is 314 g/mol. The Kier molecular flexibility index (Phi) is 6.04. The molecule has 0 spiro atoms. The van der Waals surface area contributed by atoms with E-state index in [1.165, 1.54) is 6.07 Å². The summed E-state index contributed by atoms with van der Waals surface area (Å²) in [7, 11) is 0. The van der Waals surface area contributed by atoms with E-state index in [1.807, 2.05) is 22.9 Å². The fourth-order valence-electron chi connectivity index (χ4n) is 2.11. The van der Waals surface area contributed by atoms with Crippen molar-refractivity contribution in [2.24, 2.45) is 0 Å². The number of hydrogen-bond donors (Lipinski definition) is 1. The molecule has 1 aromatic rings. The molecule has 0 bridgehead atoms. The van der Waals surface area contributed by atoms with Crippen LogP contribution in [0.15, 0.2) is 18.2 Å². The van der Waals surface area contributed by atoms with Gasteiger partial charge in [-0.25, -0.2) is 9.18 Å². The molecule has 1 aliphatic rings. The molecule has 1 aliphatic heterocycles. The molecule has 0 saturated carbocycles. The highest BCUT2D eigenvalue weighted by molar-refractivity contribution is 7.99. The van der Waals surface area contributed by atoms with Crippen molar-refractivity contribution in [3.05, 3.63) is 35.1 Å². The van der Waals surface area contributed by atoms with Gasteiger partial charge in [-0.3, -0.25) is 0 Å². The van der Waals surface area contributed by atoms with Crippen molar-refractivity contribution >= 4 is 29.6 Å². The average molecular weight is 314 g/mol. The molecule has 3 nitrogen and oxygen atoms in total. The standard InChI is InChI=1S/C14H19FN2OS2/c1-19-10-12-8-13(15)3-2-11(12)9-16-14(18)17-4-6-20-7-5-17/h2-3,8H,4-7,9-10H2,1H3,(H,16,18). The van der Waals surface area contributed by atoms with Gasteiger partial charge in [-0.05, 0) is 29.5 Å². The molecule has 1 fully saturated rings. The maximum atomic E-state index is 13.3. The Bertz CT molecular complexity index is 464. The van der Waals surface area contributed by atoms with Gasteiger partial charge in [0.15, 0.2) is 0 Å². The minimum absolute atomic E-state index is 0.0234. The van der Waals surface area contributed by atoms with Gasteiger partial charge < -0.3 is 10.2 Å². The zero-order chi connectivity index (χ0) is 14.4. The second kappa shape index (κ2) is 7.78. The van der Waals surface area contributed by atoms with Crippen molar-refractivity contribution in [1.82, 2.24) is 10.2 Å². The zero-order valence-electron chi connectivity index (χ0n) is 11.5. The second-order valence-corrected chi connectivity index (χ2v) is 6.69. The third-order valence-corrected chi connectivity index (χ3v) is 4.74. The molecular weight excluding hydrogens is 295 g/mol. The molecule has 110 valence electrons. The number of thioether (sulfide) groups is 2. The molecule has 1 heterocycles. The van der Waals surface area contributed by atoms with Crippen molar-refractivity contribution in [1.29, 1.82) is 0 Å². The third kappa shape index (κ3) is 4.31. The first kappa shape index (κ1) is 15.5. The Hall–Kier alpha value is -0.880. The van der Waals surface area contributed by atoms with Crippen molar-refractivity contribution in [2.45, 2.75) is 12.3 Å². The molecule has 2 amide bonds. The second-order valence-electron chi connectivity index (χ2n) is 4.60. The summed E-state index contributed by atoms with van der Waals surface area (Å²) in [6.45, 7) is 2.06. The SMILES string of the molecule is CSCc1cc(F)ccc1CNC(=O)N1CCSCC1. The van der Waals surface area contributed by atoms with Crippen LogP contribution >= 0.6 is 23.5 Å². The van der Waals surface area contributed by atoms with Crippen LogP contribution in [0.3, 0.4) is 0 Å². The van der Waals surface area contributed by atoms with Crippen LogP contribution in [0.5, 0.6) is 0 Å². The van der Waals surface area contributed by atoms with E-state index >= 15 is 0 Å². The molecule has 1 aromatic carbocycles. The molecular formula is C14H19FN2OS2. The van der Waals surface area contributed by atoms with Gasteiger partial charge in [0, 0.05) is 36.9 Å². The van der Waals surface area contributed by atoms with E-state index < -0.39 is 0 Å². The largest absolute Gasteiger partial charge is 0.334 e. The molecule has 0 unspecified atom stereocenters. The topological polar surface area (TPSA) is 32.3 Å². The molecule has 6 heteroatoms. The van der Waals surface area contributed by atoms with Gasteiger partial charge >= 0.3 is 6.03 Å². The summed E-state index contributed by atoms with van der Waals surface area (Å²) in [5.74, 6) is 2.53. The summed E-state index contributed by atoms with van der Waals surface area (Å²) in [5.41, 5.74) is 1.94. The number of hydrogen-bond acceptors (Lipinski definition) is 3. The van der Waals surface area contributed by atoms with Gasteiger partial charge in [-0.1, -0.05) is 6.07 Å². The summed E-state index contributed by atoms with van der Waals surface area (Å²) in [5, 5.41) is 2.93. The lowest BCUT2D eigenvalue weighted by molar-refractivity contribution is 0.202. The van der Waals surface area contributed by atoms with Gasteiger partial charge in [0.2, 0.25) is 0 Å². The van der Waals surface area contributed by atoms with Crippen LogP contribution in [0.1, 0.15) is 11.1 Å². The Labute approximate surface area is 127 Å². The highest BCUT2D eigenvalue weighted by Crippen LogP contribution is 2.17. The Morgan fingerprint density at radius 3 is 2.85 bits per heavy atom. The van der Waals surface area contributed by atoms with Gasteiger partial charge in [0.1, 0.15) is 5.82 Å². The molecule has 0 atom stereocenters. The number of nitrogens with one attached hydrogen (secondary N) is 1. The first-order chi connectivity index (χ1) is 9.70. The third-order valence-electron chi connectivity index (χ3n) is 3.20. The number of rotatable bonds is 4. The molecule has 1 saturated heterocycles. The first-order valence-corrected chi connectivity index (χ1v) is 9.12. The number of carbonyl (C=O) groups is 1. The fraction of sp³-hybridized carbons (Fsp3) is 0.500. The van der Waals surface area contributed by atoms with E-state index in [0.29, 0.717) is 6.54 Å². The van der Waals surface area contributed by atoms with Crippen LogP contribution in [0.25, 0.3) is 0 Å². The lowest BCUT2D eigenvalue weighted by Crippen LogP contribution is -2.44. The lowest BCUT2D eigenvalue weighted by atomic mass is 10.1. The number of benzene rings is 1. The van der Waals surface area contributed by atoms with E-state index in [2.05, 4.69) is 5.32 Å². The van der Waals surface area contributed by atoms with Gasteiger partial charge in [0.25, 0.3) is 0 Å². The molecule has 2 rings (SSSR count). The number of halogens is 1. The lowest BCUT2D eigenvalue weighted by Gasteiger charge is -2.26. The molecule has 1 N–H and O–H groups in total. The minimum Gasteiger partial charge on any atom is -0.334 e. The summed E-state index contributed by atoms with van der Waals surface area (Å²) in [6.07, 6.45) is 1.98. The number of urea groups is 1. The van der Waals surface area contributed by atoms with Crippen LogP contribution in [0.4, 0.5) is 9.18 Å². The highest BCUT2D eigenvalue weighted by Gasteiger charge is 2.16. The minimum atomic E-state index is -0.225. The van der Waals surface area contributed by atoms with Gasteiger partial charge in [-0.15, -0.1) is 0 Å². The Morgan fingerprint density at radius 2 is 2.15 bits per heavy atom. The van der Waals surface area contributed by atoms with Gasteiger partial charge in [-0.2, -0.15) is 23.5 Å². The maximum absolute atomic E-state index is 13.3. The van der Waals surface area contributed by atoms with Crippen LogP contribution < -0.4 is 5.32 Å². The van der Waals surface area contributed by atoms with Crippen LogP contribution in [-0.2, 0) is 12.3 Å². The normalized spacial score (nSPS) is 15.2. The molecule has 20 heavy (non-hydrogen) atoms. The molecule has 0 aliphatic carbocycles. The first-order valence-electron chi connectivity index (χ1n) is 6.57. The summed E-state index contributed by atoms with van der Waals surface area (Å²) in [6, 6.07) is 4.73. The van der Waals surface area contributed by atoms with Crippen LogP contribution in [0, 0.1) is 5.82 Å². The van der Waals surface area contributed by atoms with Gasteiger partial charge in [0.05, 0.1) is 0 Å². The van der Waals surface area contributed by atoms with Crippen molar-refractivity contribution in [3.8, 4) is 0 Å². The highest BCUT2D eigenvalue weighted by atomic mass is 32.2. The van der Waals surface area contributed by atoms with Crippen molar-refractivity contribution in [3.63, 3.8) is 0 Å². The molecule has 0 radical (unpaired) electrons. The van der Waals surface area contributed by atoms with E-state index in [1.54, 1.807) is 23.9 Å². The predicted octanol–water partition coefficient (Wildman–Crippen LogP) is 2.95. The van der Waals surface area contributed by atoms with Crippen molar-refractivity contribution < 1.29 is 9.18 Å². The van der Waals surface area contributed by atoms with E-state index in [0.717, 1.165) is 41.5 Å². The summed E-state index contributed by atoms with van der Waals surface area (Å²) >= 11 is 3.52. The van der Waals surface area contributed by atoms with Crippen molar-refractivity contribution in [2.75, 3.05) is 30.9 Å². The van der Waals surface area contributed by atoms with E-state index in [-0.39, 0.29) is 11.8 Å². The maximum Gasteiger partial charge on any atom is 0.317 e. The number of nitrogens with zero attached hydrogens (tertiary/aromatic N) is 1. The number of amides is 2. The summed E-state index contributed by atoms with van der Waals surface area (Å²) < 4.78 is 13.3.